The lowest BCUT2D eigenvalue weighted by Gasteiger charge is -2.22. The van der Waals surface area contributed by atoms with Crippen LogP contribution < -0.4 is 14.8 Å². The van der Waals surface area contributed by atoms with Crippen LogP contribution in [0.2, 0.25) is 0 Å². The number of hydrogen-bond acceptors (Lipinski definition) is 5. The van der Waals surface area contributed by atoms with Crippen LogP contribution in [0.25, 0.3) is 0 Å². The minimum Gasteiger partial charge on any atom is -0.493 e. The van der Waals surface area contributed by atoms with E-state index in [1.54, 1.807) is 20.3 Å². The molecular weight excluding hydrogens is 262 g/mol. The van der Waals surface area contributed by atoms with Gasteiger partial charge in [0, 0.05) is 12.6 Å². The first kappa shape index (κ1) is 16.3. The molecule has 1 rings (SSSR count). The van der Waals surface area contributed by atoms with Gasteiger partial charge >= 0.3 is 5.97 Å². The summed E-state index contributed by atoms with van der Waals surface area (Å²) in [6.07, 6.45) is 0. The molecule has 0 saturated carbocycles. The molecule has 20 heavy (non-hydrogen) atoms. The smallest absolute Gasteiger partial charge is 0.336 e. The Bertz CT molecular complexity index is 473. The molecule has 1 aromatic carbocycles. The minimum absolute atomic E-state index is 0.0577. The fraction of sp³-hybridized carbons (Fsp3) is 0.500. The van der Waals surface area contributed by atoms with Crippen LogP contribution in [0.3, 0.4) is 0 Å². The standard InChI is InChI=1S/C14H21NO5/c1-9(15-8-14(2,18)13(16)17)10-5-6-11(19-3)12(7-10)20-4/h5-7,9,15,18H,8H2,1-4H3,(H,16,17). The third-order valence-electron chi connectivity index (χ3n) is 3.12. The van der Waals surface area contributed by atoms with Gasteiger partial charge in [0.1, 0.15) is 0 Å². The Labute approximate surface area is 118 Å². The molecule has 0 aliphatic carbocycles. The van der Waals surface area contributed by atoms with Crippen molar-refractivity contribution in [2.75, 3.05) is 20.8 Å². The van der Waals surface area contributed by atoms with E-state index in [0.717, 1.165) is 5.56 Å². The van der Waals surface area contributed by atoms with E-state index in [1.807, 2.05) is 19.1 Å². The van der Waals surface area contributed by atoms with Gasteiger partial charge in [0.05, 0.1) is 14.2 Å². The lowest BCUT2D eigenvalue weighted by atomic mass is 10.0. The van der Waals surface area contributed by atoms with Crippen molar-refractivity contribution >= 4 is 5.97 Å². The van der Waals surface area contributed by atoms with Crippen LogP contribution in [-0.2, 0) is 4.79 Å². The molecule has 0 bridgehead atoms. The predicted molar refractivity (Wildman–Crippen MR) is 74.2 cm³/mol. The molecule has 6 heteroatoms. The summed E-state index contributed by atoms with van der Waals surface area (Å²) in [5.41, 5.74) is -0.894. The number of rotatable bonds is 7. The Morgan fingerprint density at radius 1 is 1.35 bits per heavy atom. The summed E-state index contributed by atoms with van der Waals surface area (Å²) in [6.45, 7) is 3.07. The molecule has 2 unspecified atom stereocenters. The summed E-state index contributed by atoms with van der Waals surface area (Å²) in [6, 6.07) is 5.31. The van der Waals surface area contributed by atoms with Crippen LogP contribution in [0, 0.1) is 0 Å². The van der Waals surface area contributed by atoms with E-state index in [1.165, 1.54) is 6.92 Å². The topological polar surface area (TPSA) is 88.0 Å². The molecule has 1 aromatic rings. The molecule has 0 heterocycles. The second-order valence-corrected chi connectivity index (χ2v) is 4.80. The van der Waals surface area contributed by atoms with Crippen LogP contribution in [0.1, 0.15) is 25.5 Å². The van der Waals surface area contributed by atoms with Crippen LogP contribution >= 0.6 is 0 Å². The third kappa shape index (κ3) is 3.85. The van der Waals surface area contributed by atoms with E-state index in [-0.39, 0.29) is 12.6 Å². The largest absolute Gasteiger partial charge is 0.493 e. The summed E-state index contributed by atoms with van der Waals surface area (Å²) in [5, 5.41) is 21.5. The van der Waals surface area contributed by atoms with Crippen molar-refractivity contribution in [2.24, 2.45) is 0 Å². The summed E-state index contributed by atoms with van der Waals surface area (Å²) < 4.78 is 10.4. The molecule has 0 radical (unpaired) electrons. The molecule has 0 aliphatic rings. The van der Waals surface area contributed by atoms with Crippen molar-refractivity contribution in [1.29, 1.82) is 0 Å². The molecular formula is C14H21NO5. The summed E-state index contributed by atoms with van der Waals surface area (Å²) >= 11 is 0. The van der Waals surface area contributed by atoms with E-state index < -0.39 is 11.6 Å². The SMILES string of the molecule is COc1ccc(C(C)NCC(C)(O)C(=O)O)cc1OC. The molecule has 0 spiro atoms. The molecule has 0 amide bonds. The van der Waals surface area contributed by atoms with Crippen LogP contribution in [0.5, 0.6) is 11.5 Å². The fourth-order valence-corrected chi connectivity index (χ4v) is 1.67. The number of aliphatic hydroxyl groups is 1. The van der Waals surface area contributed by atoms with Crippen molar-refractivity contribution in [3.8, 4) is 11.5 Å². The third-order valence-corrected chi connectivity index (χ3v) is 3.12. The van der Waals surface area contributed by atoms with Gasteiger partial charge in [-0.15, -0.1) is 0 Å². The first-order valence-electron chi connectivity index (χ1n) is 6.23. The normalized spacial score (nSPS) is 15.2. The molecule has 0 saturated heterocycles. The first-order valence-corrected chi connectivity index (χ1v) is 6.23. The monoisotopic (exact) mass is 283 g/mol. The molecule has 0 aromatic heterocycles. The molecule has 2 atom stereocenters. The van der Waals surface area contributed by atoms with Gasteiger partial charge in [-0.1, -0.05) is 6.07 Å². The van der Waals surface area contributed by atoms with Gasteiger partial charge in [-0.05, 0) is 31.5 Å². The number of nitrogens with one attached hydrogen (secondary N) is 1. The second kappa shape index (κ2) is 6.58. The van der Waals surface area contributed by atoms with E-state index >= 15 is 0 Å². The number of carboxylic acids is 1. The van der Waals surface area contributed by atoms with Crippen LogP contribution in [0.4, 0.5) is 0 Å². The number of benzene rings is 1. The van der Waals surface area contributed by atoms with Crippen molar-refractivity contribution in [3.05, 3.63) is 23.8 Å². The molecule has 3 N–H and O–H groups in total. The highest BCUT2D eigenvalue weighted by Crippen LogP contribution is 2.29. The molecule has 0 fully saturated rings. The van der Waals surface area contributed by atoms with Gasteiger partial charge < -0.3 is 25.0 Å². The second-order valence-electron chi connectivity index (χ2n) is 4.80. The number of carboxylic acid groups (broad SMARTS) is 1. The van der Waals surface area contributed by atoms with Gasteiger partial charge in [-0.25, -0.2) is 4.79 Å². The Balaban J connectivity index is 2.78. The number of carbonyl (C=O) groups is 1. The zero-order chi connectivity index (χ0) is 15.3. The van der Waals surface area contributed by atoms with Gasteiger partial charge in [0.25, 0.3) is 0 Å². The van der Waals surface area contributed by atoms with Gasteiger partial charge in [-0.3, -0.25) is 0 Å². The highest BCUT2D eigenvalue weighted by Gasteiger charge is 2.30. The minimum atomic E-state index is -1.80. The van der Waals surface area contributed by atoms with Crippen LogP contribution in [0.15, 0.2) is 18.2 Å². The van der Waals surface area contributed by atoms with E-state index in [2.05, 4.69) is 5.32 Å². The zero-order valence-electron chi connectivity index (χ0n) is 12.1. The van der Waals surface area contributed by atoms with Gasteiger partial charge in [-0.2, -0.15) is 0 Å². The maximum Gasteiger partial charge on any atom is 0.336 e. The van der Waals surface area contributed by atoms with E-state index in [0.29, 0.717) is 11.5 Å². The van der Waals surface area contributed by atoms with E-state index in [9.17, 15) is 9.90 Å². The Kier molecular flexibility index (Phi) is 5.35. The average Bonchev–Trinajstić information content (AvgIpc) is 2.43. The Hall–Kier alpha value is -1.79. The molecule has 6 nitrogen and oxygen atoms in total. The number of aliphatic carboxylic acids is 1. The van der Waals surface area contributed by atoms with Gasteiger partial charge in [0.2, 0.25) is 0 Å². The average molecular weight is 283 g/mol. The summed E-state index contributed by atoms with van der Waals surface area (Å²) in [7, 11) is 3.11. The van der Waals surface area contributed by atoms with Crippen LogP contribution in [-0.4, -0.2) is 42.5 Å². The predicted octanol–water partition coefficient (Wildman–Crippen LogP) is 1.19. The number of hydrogen-bond donors (Lipinski definition) is 3. The number of ether oxygens (including phenoxy) is 2. The lowest BCUT2D eigenvalue weighted by Crippen LogP contribution is -2.45. The van der Waals surface area contributed by atoms with Crippen molar-refractivity contribution < 1.29 is 24.5 Å². The molecule has 0 aliphatic heterocycles. The van der Waals surface area contributed by atoms with Crippen molar-refractivity contribution in [3.63, 3.8) is 0 Å². The molecule has 112 valence electrons. The lowest BCUT2D eigenvalue weighted by molar-refractivity contribution is -0.156. The maximum atomic E-state index is 10.8. The maximum absolute atomic E-state index is 10.8. The first-order chi connectivity index (χ1) is 9.31. The Morgan fingerprint density at radius 3 is 2.45 bits per heavy atom. The highest BCUT2D eigenvalue weighted by atomic mass is 16.5. The summed E-state index contributed by atoms with van der Waals surface area (Å²) in [4.78, 5) is 10.8. The summed E-state index contributed by atoms with van der Waals surface area (Å²) in [5.74, 6) is -0.0332. The number of methoxy groups -OCH3 is 2. The fourth-order valence-electron chi connectivity index (χ4n) is 1.67. The Morgan fingerprint density at radius 2 is 1.95 bits per heavy atom. The zero-order valence-corrected chi connectivity index (χ0v) is 12.1. The van der Waals surface area contributed by atoms with E-state index in [4.69, 9.17) is 14.6 Å². The highest BCUT2D eigenvalue weighted by molar-refractivity contribution is 5.76. The quantitative estimate of drug-likeness (QED) is 0.696. The van der Waals surface area contributed by atoms with Crippen molar-refractivity contribution in [2.45, 2.75) is 25.5 Å². The van der Waals surface area contributed by atoms with Gasteiger partial charge in [0.15, 0.2) is 17.1 Å². The van der Waals surface area contributed by atoms with Crippen molar-refractivity contribution in [1.82, 2.24) is 5.32 Å².